The van der Waals surface area contributed by atoms with E-state index < -0.39 is 22.9 Å². The number of rotatable bonds is 12. The first-order valence-electron chi connectivity index (χ1n) is 11.7. The molecule has 35 heavy (non-hydrogen) atoms. The molecule has 1 heterocycles. The molecule has 8 heteroatoms. The molecule has 0 bridgehead atoms. The molecule has 4 N–H and O–H groups in total. The van der Waals surface area contributed by atoms with Crippen molar-refractivity contribution in [2.45, 2.75) is 38.6 Å². The number of hydrogen-bond acceptors (Lipinski definition) is 7. The summed E-state index contributed by atoms with van der Waals surface area (Å²) in [6.07, 6.45) is 4.80. The number of fused-ring (bicyclic) bond motifs is 1. The highest BCUT2D eigenvalue weighted by atomic mass is 16.4. The van der Waals surface area contributed by atoms with E-state index in [0.717, 1.165) is 47.1 Å². The van der Waals surface area contributed by atoms with Crippen LogP contribution >= 0.6 is 0 Å². The Morgan fingerprint density at radius 2 is 1.71 bits per heavy atom. The number of anilines is 4. The minimum absolute atomic E-state index is 0.0548. The Balaban J connectivity index is 1.43. The Kier molecular flexibility index (Phi) is 7.40. The van der Waals surface area contributed by atoms with Crippen LogP contribution in [-0.2, 0) is 11.2 Å². The summed E-state index contributed by atoms with van der Waals surface area (Å²) >= 11 is 0. The second-order valence-corrected chi connectivity index (χ2v) is 8.48. The molecular formula is C27H28N4O4. The zero-order valence-electron chi connectivity index (χ0n) is 19.5. The first-order valence-corrected chi connectivity index (χ1v) is 11.7. The maximum atomic E-state index is 12.1. The van der Waals surface area contributed by atoms with E-state index in [1.807, 2.05) is 54.6 Å². The van der Waals surface area contributed by atoms with E-state index in [0.29, 0.717) is 6.54 Å². The van der Waals surface area contributed by atoms with Crippen molar-refractivity contribution < 1.29 is 9.90 Å². The van der Waals surface area contributed by atoms with Crippen molar-refractivity contribution in [3.63, 3.8) is 0 Å². The van der Waals surface area contributed by atoms with Gasteiger partial charge in [-0.3, -0.25) is 9.59 Å². The van der Waals surface area contributed by atoms with Crippen molar-refractivity contribution in [2.24, 2.45) is 0 Å². The molecule has 1 unspecified atom stereocenters. The molecule has 0 aliphatic heterocycles. The van der Waals surface area contributed by atoms with Gasteiger partial charge in [0.15, 0.2) is 0 Å². The van der Waals surface area contributed by atoms with Crippen molar-refractivity contribution in [1.82, 2.24) is 4.98 Å². The fourth-order valence-corrected chi connectivity index (χ4v) is 3.98. The molecular weight excluding hydrogens is 444 g/mol. The van der Waals surface area contributed by atoms with Crippen LogP contribution in [0.4, 0.5) is 22.9 Å². The monoisotopic (exact) mass is 472 g/mol. The number of unbranched alkanes of at least 4 members (excludes halogenated alkanes) is 2. The molecule has 0 aliphatic rings. The van der Waals surface area contributed by atoms with Gasteiger partial charge in [-0.05, 0) is 35.6 Å². The van der Waals surface area contributed by atoms with Crippen molar-refractivity contribution in [2.75, 3.05) is 22.5 Å². The van der Waals surface area contributed by atoms with Gasteiger partial charge in [0.25, 0.3) is 10.9 Å². The summed E-state index contributed by atoms with van der Waals surface area (Å²) in [5, 5.41) is 20.8. The van der Waals surface area contributed by atoms with Gasteiger partial charge in [0.05, 0.1) is 0 Å². The number of hydrogen-bond donors (Lipinski definition) is 4. The first kappa shape index (κ1) is 23.9. The Labute approximate surface area is 202 Å². The van der Waals surface area contributed by atoms with Gasteiger partial charge in [-0.25, -0.2) is 9.78 Å². The van der Waals surface area contributed by atoms with Crippen LogP contribution in [0.25, 0.3) is 10.8 Å². The standard InChI is InChI=1S/C27H28N4O4/c1-2-3-6-14-28-22-23(25(33)24(22)32)31-21(27(34)35)16-17-9-11-19(12-10-17)30-26-20-8-5-4-7-18(20)13-15-29-26/h4-5,7-13,15,21,28,31H,2-3,6,14,16H2,1H3,(H,29,30)(H,34,35). The predicted octanol–water partition coefficient (Wildman–Crippen LogP) is 4.28. The quantitative estimate of drug-likeness (QED) is 0.178. The lowest BCUT2D eigenvalue weighted by Crippen LogP contribution is -2.42. The summed E-state index contributed by atoms with van der Waals surface area (Å²) in [6, 6.07) is 16.2. The number of nitrogens with zero attached hydrogens (tertiary/aromatic N) is 1. The van der Waals surface area contributed by atoms with Crippen LogP contribution < -0.4 is 26.8 Å². The number of aromatic nitrogens is 1. The van der Waals surface area contributed by atoms with E-state index in [-0.39, 0.29) is 17.8 Å². The molecule has 180 valence electrons. The second-order valence-electron chi connectivity index (χ2n) is 8.48. The lowest BCUT2D eigenvalue weighted by atomic mass is 10.0. The molecule has 0 aliphatic carbocycles. The summed E-state index contributed by atoms with van der Waals surface area (Å²) in [4.78, 5) is 40.3. The molecule has 0 saturated carbocycles. The number of pyridine rings is 1. The maximum Gasteiger partial charge on any atom is 0.326 e. The molecule has 1 atom stereocenters. The number of carboxylic acid groups (broad SMARTS) is 1. The molecule has 0 amide bonds. The van der Waals surface area contributed by atoms with Gasteiger partial charge in [0.1, 0.15) is 23.2 Å². The van der Waals surface area contributed by atoms with Crippen LogP contribution in [0.5, 0.6) is 0 Å². The van der Waals surface area contributed by atoms with Crippen LogP contribution in [0.2, 0.25) is 0 Å². The van der Waals surface area contributed by atoms with Crippen LogP contribution in [-0.4, -0.2) is 28.6 Å². The zero-order valence-corrected chi connectivity index (χ0v) is 19.5. The van der Waals surface area contributed by atoms with Gasteiger partial charge in [-0.1, -0.05) is 56.2 Å². The van der Waals surface area contributed by atoms with E-state index >= 15 is 0 Å². The summed E-state index contributed by atoms with van der Waals surface area (Å²) in [7, 11) is 0. The molecule has 8 nitrogen and oxygen atoms in total. The van der Waals surface area contributed by atoms with Crippen molar-refractivity contribution in [1.29, 1.82) is 0 Å². The van der Waals surface area contributed by atoms with Crippen LogP contribution in [0.15, 0.2) is 70.4 Å². The van der Waals surface area contributed by atoms with E-state index in [1.165, 1.54) is 0 Å². The lowest BCUT2D eigenvalue weighted by Gasteiger charge is -2.20. The fourth-order valence-electron chi connectivity index (χ4n) is 3.98. The Morgan fingerprint density at radius 1 is 0.971 bits per heavy atom. The number of benzene rings is 2. The minimum Gasteiger partial charge on any atom is -0.480 e. The average molecular weight is 473 g/mol. The topological polar surface area (TPSA) is 120 Å². The molecule has 4 aromatic rings. The highest BCUT2D eigenvalue weighted by Gasteiger charge is 2.26. The van der Waals surface area contributed by atoms with E-state index in [4.69, 9.17) is 0 Å². The zero-order chi connectivity index (χ0) is 24.8. The van der Waals surface area contributed by atoms with Crippen molar-refractivity contribution >= 4 is 39.6 Å². The number of nitrogens with one attached hydrogen (secondary N) is 3. The minimum atomic E-state index is -1.10. The van der Waals surface area contributed by atoms with Gasteiger partial charge in [0, 0.05) is 30.2 Å². The third-order valence-electron chi connectivity index (χ3n) is 5.94. The van der Waals surface area contributed by atoms with Gasteiger partial charge < -0.3 is 21.1 Å². The first-order chi connectivity index (χ1) is 17.0. The highest BCUT2D eigenvalue weighted by Crippen LogP contribution is 2.24. The molecule has 0 spiro atoms. The summed E-state index contributed by atoms with van der Waals surface area (Å²) in [5.74, 6) is -0.364. The molecule has 0 radical (unpaired) electrons. The highest BCUT2D eigenvalue weighted by molar-refractivity contribution is 5.93. The Hall–Kier alpha value is -4.20. The Bertz CT molecular complexity index is 1390. The normalized spacial score (nSPS) is 11.9. The van der Waals surface area contributed by atoms with Gasteiger partial charge in [-0.2, -0.15) is 0 Å². The molecule has 0 fully saturated rings. The fraction of sp³-hybridized carbons (Fsp3) is 0.259. The van der Waals surface area contributed by atoms with Crippen molar-refractivity contribution in [3.05, 3.63) is 86.8 Å². The van der Waals surface area contributed by atoms with E-state index in [1.54, 1.807) is 6.20 Å². The number of carboxylic acids is 1. The number of aliphatic carboxylic acids is 1. The largest absolute Gasteiger partial charge is 0.480 e. The van der Waals surface area contributed by atoms with Gasteiger partial charge in [-0.15, -0.1) is 0 Å². The lowest BCUT2D eigenvalue weighted by molar-refractivity contribution is -0.137. The second kappa shape index (κ2) is 10.8. The number of carbonyl (C=O) groups is 1. The summed E-state index contributed by atoms with van der Waals surface area (Å²) < 4.78 is 0. The SMILES string of the molecule is CCCCCNc1c(NC(Cc2ccc(Nc3nccc4ccccc34)cc2)C(=O)O)c(=O)c1=O. The third-order valence-corrected chi connectivity index (χ3v) is 5.94. The summed E-state index contributed by atoms with van der Waals surface area (Å²) in [6.45, 7) is 2.63. The maximum absolute atomic E-state index is 12.1. The summed E-state index contributed by atoms with van der Waals surface area (Å²) in [5.41, 5.74) is 0.539. The van der Waals surface area contributed by atoms with Gasteiger partial charge in [0.2, 0.25) is 0 Å². The average Bonchev–Trinajstić information content (AvgIpc) is 2.88. The van der Waals surface area contributed by atoms with Crippen LogP contribution in [0.1, 0.15) is 31.7 Å². The Morgan fingerprint density at radius 3 is 2.46 bits per heavy atom. The third kappa shape index (κ3) is 5.48. The van der Waals surface area contributed by atoms with Crippen molar-refractivity contribution in [3.8, 4) is 0 Å². The smallest absolute Gasteiger partial charge is 0.326 e. The predicted molar refractivity (Wildman–Crippen MR) is 140 cm³/mol. The van der Waals surface area contributed by atoms with Crippen LogP contribution in [0.3, 0.4) is 0 Å². The van der Waals surface area contributed by atoms with E-state index in [2.05, 4.69) is 27.9 Å². The van der Waals surface area contributed by atoms with Crippen LogP contribution in [0, 0.1) is 0 Å². The molecule has 4 rings (SSSR count). The molecule has 0 saturated heterocycles. The molecule has 3 aromatic carbocycles. The van der Waals surface area contributed by atoms with Gasteiger partial charge >= 0.3 is 5.97 Å². The van der Waals surface area contributed by atoms with E-state index in [9.17, 15) is 19.5 Å². The molecule has 1 aromatic heterocycles.